The Morgan fingerprint density at radius 2 is 1.79 bits per heavy atom. The van der Waals surface area contributed by atoms with E-state index in [0.717, 1.165) is 5.56 Å². The maximum Gasteiger partial charge on any atom is 0.153 e. The Hall–Kier alpha value is -3.14. The van der Waals surface area contributed by atoms with Gasteiger partial charge in [0.15, 0.2) is 6.29 Å². The molecule has 1 N–H and O–H groups in total. The summed E-state index contributed by atoms with van der Waals surface area (Å²) in [6.45, 7) is 0.355. The predicted octanol–water partition coefficient (Wildman–Crippen LogP) is 4.59. The third kappa shape index (κ3) is 3.43. The molecule has 0 fully saturated rings. The number of benzene rings is 3. The van der Waals surface area contributed by atoms with Gasteiger partial charge in [0.25, 0.3) is 0 Å². The zero-order valence-electron chi connectivity index (χ0n) is 12.8. The van der Waals surface area contributed by atoms with Crippen LogP contribution in [0.15, 0.2) is 66.7 Å². The summed E-state index contributed by atoms with van der Waals surface area (Å²) in [5.41, 5.74) is 1.97. The number of carbonyl (C=O) groups excluding carboxylic acids is 1. The normalized spacial score (nSPS) is 10.4. The second-order valence-corrected chi connectivity index (χ2v) is 5.31. The van der Waals surface area contributed by atoms with Gasteiger partial charge in [-0.15, -0.1) is 0 Å². The Bertz CT molecular complexity index is 860. The highest BCUT2D eigenvalue weighted by Gasteiger charge is 2.09. The monoisotopic (exact) mass is 322 g/mol. The van der Waals surface area contributed by atoms with Crippen molar-refractivity contribution in [2.75, 3.05) is 0 Å². The van der Waals surface area contributed by atoms with Crippen LogP contribution in [0.3, 0.4) is 0 Å². The minimum absolute atomic E-state index is 0.122. The van der Waals surface area contributed by atoms with Crippen molar-refractivity contribution < 1.29 is 19.0 Å². The van der Waals surface area contributed by atoms with Gasteiger partial charge in [0, 0.05) is 11.6 Å². The fraction of sp³-hybridized carbons (Fsp3) is 0.0500. The average Bonchev–Trinajstić information content (AvgIpc) is 2.62. The summed E-state index contributed by atoms with van der Waals surface area (Å²) in [7, 11) is 0. The van der Waals surface area contributed by atoms with E-state index < -0.39 is 5.82 Å². The van der Waals surface area contributed by atoms with Crippen LogP contribution in [0.2, 0.25) is 0 Å². The summed E-state index contributed by atoms with van der Waals surface area (Å²) in [6, 6.07) is 18.6. The van der Waals surface area contributed by atoms with Crippen molar-refractivity contribution in [3.8, 4) is 22.6 Å². The molecule has 120 valence electrons. The first-order chi connectivity index (χ1) is 11.7. The van der Waals surface area contributed by atoms with Gasteiger partial charge in [-0.1, -0.05) is 36.4 Å². The van der Waals surface area contributed by atoms with Gasteiger partial charge < -0.3 is 9.84 Å². The number of hydrogen-bond acceptors (Lipinski definition) is 3. The van der Waals surface area contributed by atoms with Crippen LogP contribution in [0.1, 0.15) is 15.9 Å². The Morgan fingerprint density at radius 3 is 2.50 bits per heavy atom. The van der Waals surface area contributed by atoms with E-state index in [1.165, 1.54) is 18.2 Å². The standard InChI is InChI=1S/C20H15FO3/c21-19-11-17(24-13-14-4-2-1-3-5-14)7-8-18(19)15-6-9-20(23)16(10-15)12-22/h1-12,23H,13H2. The van der Waals surface area contributed by atoms with Gasteiger partial charge in [-0.3, -0.25) is 4.79 Å². The number of carbonyl (C=O) groups is 1. The Kier molecular flexibility index (Phi) is 4.57. The minimum atomic E-state index is -0.455. The molecular formula is C20H15FO3. The first-order valence-electron chi connectivity index (χ1n) is 7.42. The van der Waals surface area contributed by atoms with Crippen LogP contribution in [0.25, 0.3) is 11.1 Å². The third-order valence-electron chi connectivity index (χ3n) is 3.65. The number of aldehydes is 1. The lowest BCUT2D eigenvalue weighted by Gasteiger charge is -2.09. The van der Waals surface area contributed by atoms with E-state index in [-0.39, 0.29) is 11.3 Å². The van der Waals surface area contributed by atoms with Gasteiger partial charge in [0.2, 0.25) is 0 Å². The van der Waals surface area contributed by atoms with Gasteiger partial charge in [-0.25, -0.2) is 4.39 Å². The molecule has 3 aromatic carbocycles. The van der Waals surface area contributed by atoms with Crippen LogP contribution < -0.4 is 4.74 Å². The number of ether oxygens (including phenoxy) is 1. The van der Waals surface area contributed by atoms with E-state index in [2.05, 4.69) is 0 Å². The lowest BCUT2D eigenvalue weighted by Crippen LogP contribution is -1.96. The van der Waals surface area contributed by atoms with Gasteiger partial charge in [-0.2, -0.15) is 0 Å². The molecule has 0 aliphatic carbocycles. The topological polar surface area (TPSA) is 46.5 Å². The van der Waals surface area contributed by atoms with Crippen LogP contribution in [0, 0.1) is 5.82 Å². The van der Waals surface area contributed by atoms with Crippen LogP contribution in [0.5, 0.6) is 11.5 Å². The number of halogens is 1. The molecule has 0 atom stereocenters. The lowest BCUT2D eigenvalue weighted by molar-refractivity contribution is 0.112. The van der Waals surface area contributed by atoms with Crippen LogP contribution >= 0.6 is 0 Å². The molecule has 0 aliphatic heterocycles. The largest absolute Gasteiger partial charge is 0.507 e. The average molecular weight is 322 g/mol. The van der Waals surface area contributed by atoms with Crippen LogP contribution in [-0.4, -0.2) is 11.4 Å². The van der Waals surface area contributed by atoms with E-state index in [9.17, 15) is 14.3 Å². The Morgan fingerprint density at radius 1 is 1.00 bits per heavy atom. The first kappa shape index (κ1) is 15.7. The molecule has 0 aliphatic rings. The Balaban J connectivity index is 1.81. The van der Waals surface area contributed by atoms with E-state index >= 15 is 0 Å². The predicted molar refractivity (Wildman–Crippen MR) is 89.7 cm³/mol. The highest BCUT2D eigenvalue weighted by atomic mass is 19.1. The van der Waals surface area contributed by atoms with E-state index in [1.54, 1.807) is 18.2 Å². The molecule has 3 nitrogen and oxygen atoms in total. The molecule has 0 unspecified atom stereocenters. The molecule has 0 aromatic heterocycles. The summed E-state index contributed by atoms with van der Waals surface area (Å²) >= 11 is 0. The lowest BCUT2D eigenvalue weighted by atomic mass is 10.0. The summed E-state index contributed by atoms with van der Waals surface area (Å²) in [6.07, 6.45) is 0.536. The molecule has 0 amide bonds. The molecule has 3 rings (SSSR count). The molecule has 4 heteroatoms. The van der Waals surface area contributed by atoms with Crippen LogP contribution in [-0.2, 0) is 6.61 Å². The number of phenolic OH excluding ortho intramolecular Hbond substituents is 1. The molecule has 24 heavy (non-hydrogen) atoms. The molecule has 0 radical (unpaired) electrons. The summed E-state index contributed by atoms with van der Waals surface area (Å²) in [5.74, 6) is -0.158. The van der Waals surface area contributed by atoms with Crippen molar-refractivity contribution in [1.29, 1.82) is 0 Å². The van der Waals surface area contributed by atoms with Gasteiger partial charge in [0.05, 0.1) is 5.56 Å². The quantitative estimate of drug-likeness (QED) is 0.699. The van der Waals surface area contributed by atoms with Crippen molar-refractivity contribution in [2.24, 2.45) is 0 Å². The Labute approximate surface area is 139 Å². The minimum Gasteiger partial charge on any atom is -0.507 e. The molecule has 0 spiro atoms. The molecule has 0 heterocycles. The SMILES string of the molecule is O=Cc1cc(-c2ccc(OCc3ccccc3)cc2F)ccc1O. The van der Waals surface area contributed by atoms with E-state index in [0.29, 0.717) is 29.8 Å². The number of hydrogen-bond donors (Lipinski definition) is 1. The molecule has 0 bridgehead atoms. The third-order valence-corrected chi connectivity index (χ3v) is 3.65. The summed E-state index contributed by atoms with van der Waals surface area (Å²) in [5, 5.41) is 9.53. The maximum atomic E-state index is 14.4. The molecular weight excluding hydrogens is 307 g/mol. The second kappa shape index (κ2) is 6.96. The fourth-order valence-corrected chi connectivity index (χ4v) is 2.38. The van der Waals surface area contributed by atoms with Crippen molar-refractivity contribution in [3.05, 3.63) is 83.7 Å². The van der Waals surface area contributed by atoms with Crippen molar-refractivity contribution in [3.63, 3.8) is 0 Å². The number of aromatic hydroxyl groups is 1. The number of phenols is 1. The van der Waals surface area contributed by atoms with Crippen molar-refractivity contribution in [2.45, 2.75) is 6.61 Å². The molecule has 0 saturated carbocycles. The number of rotatable bonds is 5. The highest BCUT2D eigenvalue weighted by Crippen LogP contribution is 2.29. The zero-order chi connectivity index (χ0) is 16.9. The van der Waals surface area contributed by atoms with Gasteiger partial charge in [0.1, 0.15) is 23.9 Å². The smallest absolute Gasteiger partial charge is 0.153 e. The summed E-state index contributed by atoms with van der Waals surface area (Å²) in [4.78, 5) is 10.9. The molecule has 0 saturated heterocycles. The van der Waals surface area contributed by atoms with Crippen molar-refractivity contribution >= 4 is 6.29 Å². The summed E-state index contributed by atoms with van der Waals surface area (Å²) < 4.78 is 20.0. The van der Waals surface area contributed by atoms with Gasteiger partial charge >= 0.3 is 0 Å². The fourth-order valence-electron chi connectivity index (χ4n) is 2.38. The highest BCUT2D eigenvalue weighted by molar-refractivity contribution is 5.82. The van der Waals surface area contributed by atoms with E-state index in [4.69, 9.17) is 4.74 Å². The molecule has 3 aromatic rings. The maximum absolute atomic E-state index is 14.4. The second-order valence-electron chi connectivity index (χ2n) is 5.31. The first-order valence-corrected chi connectivity index (χ1v) is 7.42. The van der Waals surface area contributed by atoms with Crippen LogP contribution in [0.4, 0.5) is 4.39 Å². The zero-order valence-corrected chi connectivity index (χ0v) is 12.8. The van der Waals surface area contributed by atoms with E-state index in [1.807, 2.05) is 30.3 Å². The van der Waals surface area contributed by atoms with Crippen molar-refractivity contribution in [1.82, 2.24) is 0 Å². The van der Waals surface area contributed by atoms with Gasteiger partial charge in [-0.05, 0) is 35.4 Å².